The first-order valence-corrected chi connectivity index (χ1v) is 13.9. The second kappa shape index (κ2) is 9.76. The molecule has 0 bridgehead atoms. The summed E-state index contributed by atoms with van der Waals surface area (Å²) in [6.45, 7) is 4.02. The van der Waals surface area contributed by atoms with E-state index in [1.54, 1.807) is 18.6 Å². The Morgan fingerprint density at radius 3 is 2.78 bits per heavy atom. The van der Waals surface area contributed by atoms with Gasteiger partial charge in [0, 0.05) is 29.2 Å². The number of allylic oxidation sites excluding steroid dienone is 3. The number of benzene rings is 2. The van der Waals surface area contributed by atoms with Gasteiger partial charge in [0.25, 0.3) is 0 Å². The summed E-state index contributed by atoms with van der Waals surface area (Å²) in [7, 11) is 0. The van der Waals surface area contributed by atoms with E-state index < -0.39 is 12.1 Å². The molecule has 41 heavy (non-hydrogen) atoms. The van der Waals surface area contributed by atoms with E-state index in [1.165, 1.54) is 0 Å². The molecule has 0 spiro atoms. The standard InChI is InChI=1S/C32H26ClN6O2/c1-3-41-32(40)39-29(24-7-4-5-9-25(24)33)16-18-35-31(39)37-26-10-6-8-23(30(26)39)21-11-13-22(14-12-21)38-20(2)36-27-19-34-17-15-28(27)38/h4-7,9-19,29H,3,8H2,1-2H3/q+1. The van der Waals surface area contributed by atoms with Crippen LogP contribution in [-0.2, 0) is 4.74 Å². The molecule has 9 heteroatoms. The van der Waals surface area contributed by atoms with Crippen LogP contribution in [0.1, 0.15) is 36.3 Å². The Morgan fingerprint density at radius 2 is 1.98 bits per heavy atom. The van der Waals surface area contributed by atoms with Crippen LogP contribution in [0.2, 0.25) is 5.02 Å². The Bertz CT molecular complexity index is 1880. The number of aliphatic imine (C=N–C) groups is 2. The van der Waals surface area contributed by atoms with E-state index in [9.17, 15) is 4.79 Å². The van der Waals surface area contributed by atoms with Crippen molar-refractivity contribution in [2.45, 2.75) is 26.3 Å². The number of pyridine rings is 1. The van der Waals surface area contributed by atoms with E-state index in [0.717, 1.165) is 44.9 Å². The lowest BCUT2D eigenvalue weighted by molar-refractivity contribution is -0.746. The Hall–Kier alpha value is -4.66. The maximum atomic E-state index is 14.1. The molecule has 1 amide bonds. The van der Waals surface area contributed by atoms with E-state index in [1.807, 2.05) is 56.3 Å². The smallest absolute Gasteiger partial charge is 0.420 e. The van der Waals surface area contributed by atoms with Crippen LogP contribution >= 0.6 is 11.6 Å². The van der Waals surface area contributed by atoms with Crippen LogP contribution in [0, 0.1) is 6.92 Å². The first kappa shape index (κ1) is 25.3. The van der Waals surface area contributed by atoms with E-state index >= 15 is 0 Å². The molecule has 2 aromatic heterocycles. The zero-order chi connectivity index (χ0) is 28.1. The van der Waals surface area contributed by atoms with E-state index in [4.69, 9.17) is 21.3 Å². The first-order valence-electron chi connectivity index (χ1n) is 13.5. The minimum Gasteiger partial charge on any atom is -0.420 e. The monoisotopic (exact) mass is 561 g/mol. The molecule has 2 atom stereocenters. The van der Waals surface area contributed by atoms with Crippen LogP contribution in [0.25, 0.3) is 22.3 Å². The summed E-state index contributed by atoms with van der Waals surface area (Å²) in [4.78, 5) is 32.5. The molecule has 1 aliphatic carbocycles. The van der Waals surface area contributed by atoms with Crippen LogP contribution in [0.5, 0.6) is 0 Å². The molecule has 0 saturated heterocycles. The Morgan fingerprint density at radius 1 is 1.15 bits per heavy atom. The molecule has 0 saturated carbocycles. The van der Waals surface area contributed by atoms with Gasteiger partial charge < -0.3 is 4.74 Å². The molecule has 8 nitrogen and oxygen atoms in total. The molecule has 2 unspecified atom stereocenters. The molecule has 2 aliphatic heterocycles. The van der Waals surface area contributed by atoms with Crippen molar-refractivity contribution in [1.82, 2.24) is 14.5 Å². The third-order valence-corrected chi connectivity index (χ3v) is 8.11. The number of carbonyl (C=O) groups is 1. The molecule has 3 aliphatic rings. The number of guanidine groups is 1. The second-order valence-electron chi connectivity index (χ2n) is 9.99. The number of fused-ring (bicyclic) bond motifs is 4. The van der Waals surface area contributed by atoms with E-state index in [2.05, 4.69) is 49.9 Å². The van der Waals surface area contributed by atoms with Crippen molar-refractivity contribution >= 4 is 46.0 Å². The van der Waals surface area contributed by atoms with Crippen molar-refractivity contribution in [1.29, 1.82) is 0 Å². The third-order valence-electron chi connectivity index (χ3n) is 7.77. The van der Waals surface area contributed by atoms with Gasteiger partial charge in [0.2, 0.25) is 0 Å². The summed E-state index contributed by atoms with van der Waals surface area (Å²) in [6, 6.07) is 17.4. The fourth-order valence-electron chi connectivity index (χ4n) is 6.08. The average Bonchev–Trinajstić information content (AvgIpc) is 3.52. The SMILES string of the molecule is CCOC(=O)[N+]12C(=NC=CC1c1ccccc1Cl)N=C1C=CCC(c3ccc(-n4c(C)nc5cnccc54)cc3)=C12. The van der Waals surface area contributed by atoms with Crippen LogP contribution in [0.4, 0.5) is 4.79 Å². The molecule has 4 aromatic rings. The number of aromatic nitrogens is 3. The summed E-state index contributed by atoms with van der Waals surface area (Å²) < 4.78 is 7.57. The minimum absolute atomic E-state index is 0.223. The second-order valence-corrected chi connectivity index (χ2v) is 10.4. The number of hydrogen-bond donors (Lipinski definition) is 0. The zero-order valence-corrected chi connectivity index (χ0v) is 23.3. The van der Waals surface area contributed by atoms with Gasteiger partial charge in [-0.25, -0.2) is 4.98 Å². The number of hydrogen-bond acceptors (Lipinski definition) is 6. The van der Waals surface area contributed by atoms with Gasteiger partial charge in [0.1, 0.15) is 17.1 Å². The first-order chi connectivity index (χ1) is 20.0. The average molecular weight is 562 g/mol. The maximum Gasteiger partial charge on any atom is 0.529 e. The van der Waals surface area contributed by atoms with Gasteiger partial charge in [-0.05, 0) is 62.2 Å². The summed E-state index contributed by atoms with van der Waals surface area (Å²) in [5, 5.41) is 0.564. The maximum absolute atomic E-state index is 14.1. The predicted octanol–water partition coefficient (Wildman–Crippen LogP) is 7.11. The summed E-state index contributed by atoms with van der Waals surface area (Å²) in [5.41, 5.74) is 7.07. The van der Waals surface area contributed by atoms with Crippen molar-refractivity contribution in [3.05, 3.63) is 119 Å². The van der Waals surface area contributed by atoms with Gasteiger partial charge in [-0.2, -0.15) is 14.8 Å². The van der Waals surface area contributed by atoms with E-state index in [-0.39, 0.29) is 11.1 Å². The number of nitrogens with zero attached hydrogens (tertiary/aromatic N) is 6. The molecule has 202 valence electrons. The molecule has 0 radical (unpaired) electrons. The van der Waals surface area contributed by atoms with Crippen LogP contribution in [-0.4, -0.2) is 43.4 Å². The zero-order valence-electron chi connectivity index (χ0n) is 22.5. The number of amides is 1. The summed E-state index contributed by atoms with van der Waals surface area (Å²) in [5.74, 6) is 1.25. The normalized spacial score (nSPS) is 21.0. The van der Waals surface area contributed by atoms with Crippen LogP contribution in [0.3, 0.4) is 0 Å². The number of aryl methyl sites for hydroxylation is 1. The van der Waals surface area contributed by atoms with Crippen molar-refractivity contribution in [3.63, 3.8) is 0 Å². The van der Waals surface area contributed by atoms with Gasteiger partial charge in [0.05, 0.1) is 23.3 Å². The van der Waals surface area contributed by atoms with Gasteiger partial charge in [-0.15, -0.1) is 4.48 Å². The molecule has 7 rings (SSSR count). The predicted molar refractivity (Wildman–Crippen MR) is 160 cm³/mol. The Kier molecular flexibility index (Phi) is 6.03. The number of rotatable bonds is 4. The number of carbonyl (C=O) groups excluding carboxylic acids is 1. The topological polar surface area (TPSA) is 81.7 Å². The molecule has 2 aromatic carbocycles. The van der Waals surface area contributed by atoms with E-state index in [0.29, 0.717) is 23.1 Å². The van der Waals surface area contributed by atoms with Gasteiger partial charge >= 0.3 is 12.1 Å². The molecular weight excluding hydrogens is 536 g/mol. The number of ether oxygens (including phenoxy) is 1. The Balaban J connectivity index is 1.42. The molecule has 0 fully saturated rings. The highest BCUT2D eigenvalue weighted by Gasteiger charge is 2.62. The van der Waals surface area contributed by atoms with Crippen molar-refractivity contribution in [2.75, 3.05) is 6.61 Å². The van der Waals surface area contributed by atoms with Crippen LogP contribution in [0.15, 0.2) is 107 Å². The van der Waals surface area contributed by atoms with Gasteiger partial charge in [-0.1, -0.05) is 48.0 Å². The highest BCUT2D eigenvalue weighted by molar-refractivity contribution is 6.31. The molecule has 0 N–H and O–H groups in total. The van der Waals surface area contributed by atoms with Crippen LogP contribution < -0.4 is 0 Å². The van der Waals surface area contributed by atoms with Gasteiger partial charge in [-0.3, -0.25) is 9.55 Å². The largest absolute Gasteiger partial charge is 0.529 e. The molecule has 4 heterocycles. The lowest BCUT2D eigenvalue weighted by Gasteiger charge is -2.38. The highest BCUT2D eigenvalue weighted by atomic mass is 35.5. The summed E-state index contributed by atoms with van der Waals surface area (Å²) >= 11 is 6.73. The number of halogens is 1. The third kappa shape index (κ3) is 3.75. The lowest BCUT2D eigenvalue weighted by atomic mass is 9.90. The van der Waals surface area contributed by atoms with Gasteiger partial charge in [0.15, 0.2) is 11.7 Å². The quantitative estimate of drug-likeness (QED) is 0.249. The van der Waals surface area contributed by atoms with Crippen molar-refractivity contribution < 1.29 is 14.0 Å². The summed E-state index contributed by atoms with van der Waals surface area (Å²) in [6.07, 6.45) is 11.4. The highest BCUT2D eigenvalue weighted by Crippen LogP contribution is 2.49. The fraction of sp³-hybridized carbons (Fsp3) is 0.156. The Labute approximate surface area is 241 Å². The molecular formula is C32H26ClN6O2+. The number of imidazole rings is 1. The lowest BCUT2D eigenvalue weighted by Crippen LogP contribution is -2.57. The number of quaternary nitrogens is 1. The fourth-order valence-corrected chi connectivity index (χ4v) is 6.32. The van der Waals surface area contributed by atoms with Crippen molar-refractivity contribution in [3.8, 4) is 5.69 Å². The minimum atomic E-state index is -0.499. The van der Waals surface area contributed by atoms with Crippen molar-refractivity contribution in [2.24, 2.45) is 9.98 Å².